The number of nitrogens with zero attached hydrogens (tertiary/aromatic N) is 1. The van der Waals surface area contributed by atoms with E-state index < -0.39 is 91.2 Å². The third kappa shape index (κ3) is 6.72. The van der Waals surface area contributed by atoms with Crippen LogP contribution in [0.3, 0.4) is 0 Å². The molecule has 0 bridgehead atoms. The number of ether oxygens (including phenoxy) is 4. The Bertz CT molecular complexity index is 980. The van der Waals surface area contributed by atoms with Crippen molar-refractivity contribution in [1.29, 1.82) is 0 Å². The summed E-state index contributed by atoms with van der Waals surface area (Å²) in [6, 6.07) is 2.29. The predicted octanol–water partition coefficient (Wildman–Crippen LogP) is -3.11. The summed E-state index contributed by atoms with van der Waals surface area (Å²) in [4.78, 5) is 33.9. The van der Waals surface area contributed by atoms with E-state index >= 15 is 0 Å². The molecule has 1 aromatic rings. The highest BCUT2D eigenvalue weighted by molar-refractivity contribution is 5.73. The maximum atomic E-state index is 11.9. The van der Waals surface area contributed by atoms with E-state index in [1.165, 1.54) is 31.2 Å². The van der Waals surface area contributed by atoms with Crippen molar-refractivity contribution in [3.63, 3.8) is 0 Å². The number of non-ortho nitro benzene ring substituents is 1. The molecule has 2 aliphatic rings. The summed E-state index contributed by atoms with van der Waals surface area (Å²) in [6.45, 7) is 0.888. The molecule has 7 N–H and O–H groups in total. The number of nitro groups is 1. The van der Waals surface area contributed by atoms with Crippen LogP contribution in [0.1, 0.15) is 13.8 Å². The Hall–Kier alpha value is -2.96. The number of aliphatic hydroxyl groups is 5. The van der Waals surface area contributed by atoms with E-state index in [2.05, 4.69) is 10.6 Å². The first-order chi connectivity index (χ1) is 18.0. The minimum absolute atomic E-state index is 0.100. The van der Waals surface area contributed by atoms with E-state index in [-0.39, 0.29) is 11.4 Å². The molecule has 2 saturated heterocycles. The second-order valence-electron chi connectivity index (χ2n) is 8.84. The molecule has 0 aliphatic carbocycles. The quantitative estimate of drug-likeness (QED) is 0.120. The Balaban J connectivity index is 1.86. The van der Waals surface area contributed by atoms with Gasteiger partial charge in [-0.25, -0.2) is 0 Å². The van der Waals surface area contributed by atoms with Gasteiger partial charge in [0.25, 0.3) is 5.69 Å². The van der Waals surface area contributed by atoms with Gasteiger partial charge in [0.05, 0.1) is 18.1 Å². The van der Waals surface area contributed by atoms with E-state index in [1.807, 2.05) is 0 Å². The molecule has 1 aromatic carbocycles. The van der Waals surface area contributed by atoms with Gasteiger partial charge in [-0.3, -0.25) is 19.7 Å². The molecule has 0 radical (unpaired) electrons. The van der Waals surface area contributed by atoms with Crippen LogP contribution in [-0.2, 0) is 23.8 Å². The Morgan fingerprint density at radius 3 is 1.92 bits per heavy atom. The van der Waals surface area contributed by atoms with Crippen molar-refractivity contribution < 1.29 is 59.0 Å². The zero-order valence-corrected chi connectivity index (χ0v) is 20.4. The third-order valence-corrected chi connectivity index (χ3v) is 6.06. The average molecular weight is 545 g/mol. The van der Waals surface area contributed by atoms with Crippen molar-refractivity contribution in [2.45, 2.75) is 75.1 Å². The standard InChI is InChI=1S/C22H31N3O13/c1-9(28)23-15-18(31)17(30)13(7-26)36-22(15)38-20-14(8-27)37-21(16(19(20)32)24-10(2)29)35-12-5-3-11(4-6-12)25(33)34/h3-6,13-22,26-27,30-32H,7-8H2,1-2H3,(H,23,28)(H,24,29). The van der Waals surface area contributed by atoms with Gasteiger partial charge in [0.15, 0.2) is 6.29 Å². The number of benzene rings is 1. The molecular weight excluding hydrogens is 514 g/mol. The molecule has 2 aliphatic heterocycles. The van der Waals surface area contributed by atoms with Crippen LogP contribution in [0.4, 0.5) is 5.69 Å². The van der Waals surface area contributed by atoms with Crippen molar-refractivity contribution in [2.75, 3.05) is 13.2 Å². The maximum Gasteiger partial charge on any atom is 0.269 e. The van der Waals surface area contributed by atoms with Gasteiger partial charge in [-0.2, -0.15) is 0 Å². The van der Waals surface area contributed by atoms with Crippen molar-refractivity contribution >= 4 is 17.5 Å². The number of carbonyl (C=O) groups is 2. The smallest absolute Gasteiger partial charge is 0.269 e. The summed E-state index contributed by atoms with van der Waals surface area (Å²) in [5, 5.41) is 67.2. The van der Waals surface area contributed by atoms with E-state index in [0.717, 1.165) is 6.92 Å². The van der Waals surface area contributed by atoms with Crippen LogP contribution in [0.15, 0.2) is 24.3 Å². The summed E-state index contributed by atoms with van der Waals surface area (Å²) < 4.78 is 22.8. The minimum Gasteiger partial charge on any atom is -0.463 e. The molecule has 2 fully saturated rings. The van der Waals surface area contributed by atoms with E-state index in [0.29, 0.717) is 0 Å². The molecule has 0 aromatic heterocycles. The Kier molecular flexibility index (Phi) is 9.91. The van der Waals surface area contributed by atoms with Crippen LogP contribution in [0.5, 0.6) is 5.75 Å². The number of nitrogens with one attached hydrogen (secondary N) is 2. The van der Waals surface area contributed by atoms with Crippen molar-refractivity contribution in [3.8, 4) is 5.75 Å². The number of nitro benzene ring substituents is 1. The molecule has 212 valence electrons. The largest absolute Gasteiger partial charge is 0.463 e. The number of aliphatic hydroxyl groups excluding tert-OH is 5. The fraction of sp³-hybridized carbons (Fsp3) is 0.636. The van der Waals surface area contributed by atoms with Gasteiger partial charge >= 0.3 is 0 Å². The first-order valence-corrected chi connectivity index (χ1v) is 11.6. The van der Waals surface area contributed by atoms with E-state index in [4.69, 9.17) is 18.9 Å². The molecule has 3 rings (SSSR count). The molecular formula is C22H31N3O13. The highest BCUT2D eigenvalue weighted by Gasteiger charge is 2.52. The lowest BCUT2D eigenvalue weighted by molar-refractivity contribution is -0.384. The number of amides is 2. The number of carbonyl (C=O) groups excluding carboxylic acids is 2. The van der Waals surface area contributed by atoms with Crippen molar-refractivity contribution in [3.05, 3.63) is 34.4 Å². The van der Waals surface area contributed by atoms with Gasteiger partial charge in [0.1, 0.15) is 54.5 Å². The van der Waals surface area contributed by atoms with Gasteiger partial charge in [-0.15, -0.1) is 0 Å². The fourth-order valence-electron chi connectivity index (χ4n) is 4.25. The highest BCUT2D eigenvalue weighted by Crippen LogP contribution is 2.31. The van der Waals surface area contributed by atoms with E-state index in [9.17, 15) is 45.2 Å². The van der Waals surface area contributed by atoms with Crippen LogP contribution < -0.4 is 15.4 Å². The summed E-state index contributed by atoms with van der Waals surface area (Å²) in [5.41, 5.74) is -0.197. The average Bonchev–Trinajstić information content (AvgIpc) is 2.86. The Morgan fingerprint density at radius 1 is 0.895 bits per heavy atom. The minimum atomic E-state index is -1.63. The van der Waals surface area contributed by atoms with Crippen LogP contribution in [0.25, 0.3) is 0 Å². The normalized spacial score (nSPS) is 35.2. The Labute approximate surface area is 216 Å². The Morgan fingerprint density at radius 2 is 1.42 bits per heavy atom. The molecule has 0 saturated carbocycles. The zero-order chi connectivity index (χ0) is 28.1. The van der Waals surface area contributed by atoms with Gasteiger partial charge in [-0.05, 0) is 12.1 Å². The molecule has 2 amide bonds. The van der Waals surface area contributed by atoms with Gasteiger partial charge in [0, 0.05) is 26.0 Å². The summed E-state index contributed by atoms with van der Waals surface area (Å²) in [6.07, 6.45) is -11.8. The lowest BCUT2D eigenvalue weighted by Gasteiger charge is -2.48. The fourth-order valence-corrected chi connectivity index (χ4v) is 4.25. The lowest BCUT2D eigenvalue weighted by Crippen LogP contribution is -2.69. The zero-order valence-electron chi connectivity index (χ0n) is 20.4. The first-order valence-electron chi connectivity index (χ1n) is 11.6. The third-order valence-electron chi connectivity index (χ3n) is 6.06. The summed E-state index contributed by atoms with van der Waals surface area (Å²) >= 11 is 0. The number of hydrogen-bond donors (Lipinski definition) is 7. The first kappa shape index (κ1) is 29.6. The van der Waals surface area contributed by atoms with Crippen LogP contribution in [-0.4, -0.2) is 117 Å². The highest BCUT2D eigenvalue weighted by atomic mass is 16.7. The SMILES string of the molecule is CC(=O)NC1C(OC2C(CO)OC(Oc3ccc([N+](=O)[O-])cc3)C(NC(C)=O)C2O)OC(CO)C(O)C1O. The van der Waals surface area contributed by atoms with Crippen LogP contribution in [0.2, 0.25) is 0 Å². The predicted molar refractivity (Wildman–Crippen MR) is 123 cm³/mol. The molecule has 10 unspecified atom stereocenters. The lowest BCUT2D eigenvalue weighted by atomic mass is 9.94. The van der Waals surface area contributed by atoms with E-state index in [1.54, 1.807) is 0 Å². The molecule has 16 nitrogen and oxygen atoms in total. The topological polar surface area (TPSA) is 239 Å². The molecule has 2 heterocycles. The molecule has 38 heavy (non-hydrogen) atoms. The van der Waals surface area contributed by atoms with Crippen molar-refractivity contribution in [1.82, 2.24) is 10.6 Å². The van der Waals surface area contributed by atoms with Gasteiger partial charge < -0.3 is 55.1 Å². The second kappa shape index (κ2) is 12.7. The molecule has 10 atom stereocenters. The van der Waals surface area contributed by atoms with Crippen molar-refractivity contribution in [2.24, 2.45) is 0 Å². The monoisotopic (exact) mass is 545 g/mol. The molecule has 0 spiro atoms. The van der Waals surface area contributed by atoms with Gasteiger partial charge in [0.2, 0.25) is 18.1 Å². The molecule has 16 heteroatoms. The number of hydrogen-bond acceptors (Lipinski definition) is 13. The van der Waals surface area contributed by atoms with Gasteiger partial charge in [-0.1, -0.05) is 0 Å². The second-order valence-corrected chi connectivity index (χ2v) is 8.84. The summed E-state index contributed by atoms with van der Waals surface area (Å²) in [5.74, 6) is -1.09. The van der Waals surface area contributed by atoms with Crippen LogP contribution >= 0.6 is 0 Å². The number of rotatable bonds is 9. The summed E-state index contributed by atoms with van der Waals surface area (Å²) in [7, 11) is 0. The van der Waals surface area contributed by atoms with Crippen LogP contribution in [0, 0.1) is 10.1 Å². The maximum absolute atomic E-state index is 11.9.